The van der Waals surface area contributed by atoms with Gasteiger partial charge < -0.3 is 10.5 Å². The maximum absolute atomic E-state index is 12.0. The number of non-ortho nitro benzene ring substituents is 1. The average molecular weight is 303 g/mol. The average Bonchev–Trinajstić information content (AvgIpc) is 2.43. The summed E-state index contributed by atoms with van der Waals surface area (Å²) in [5.74, 6) is -0.984. The molecule has 0 radical (unpaired) electrons. The molecule has 0 saturated heterocycles. The molecule has 9 nitrogen and oxygen atoms in total. The number of benzene rings is 1. The third kappa shape index (κ3) is 3.50. The number of methoxy groups -OCH3 is 1. The Labute approximate surface area is 114 Å². The molecule has 110 valence electrons. The maximum atomic E-state index is 12.0. The number of hydrogen-bond donors (Lipinski definition) is 2. The second-order valence-electron chi connectivity index (χ2n) is 3.62. The van der Waals surface area contributed by atoms with Crippen LogP contribution in [0, 0.1) is 10.1 Å². The molecule has 10 heteroatoms. The lowest BCUT2D eigenvalue weighted by atomic mass is 10.2. The van der Waals surface area contributed by atoms with Gasteiger partial charge in [0.15, 0.2) is 0 Å². The Morgan fingerprint density at radius 1 is 1.50 bits per heavy atom. The lowest BCUT2D eigenvalue weighted by Gasteiger charge is -2.09. The fraction of sp³-hybridized carbons (Fsp3) is 0.300. The van der Waals surface area contributed by atoms with E-state index in [1.807, 2.05) is 0 Å². The Balaban J connectivity index is 3.39. The van der Waals surface area contributed by atoms with Gasteiger partial charge in [0.1, 0.15) is 0 Å². The molecular weight excluding hydrogens is 290 g/mol. The third-order valence-electron chi connectivity index (χ3n) is 2.31. The molecule has 0 fully saturated rings. The smallest absolute Gasteiger partial charge is 0.339 e. The standard InChI is InChI=1S/C10H13N3O6S/c1-19-10(14)8-6-7(13(15)16)2-3-9(8)20(17,18)12-5-4-11/h2-3,6,12H,4-5,11H2,1H3. The van der Waals surface area contributed by atoms with Crippen molar-refractivity contribution in [1.82, 2.24) is 4.72 Å². The van der Waals surface area contributed by atoms with Crippen molar-refractivity contribution in [3.05, 3.63) is 33.9 Å². The van der Waals surface area contributed by atoms with E-state index >= 15 is 0 Å². The lowest BCUT2D eigenvalue weighted by Crippen LogP contribution is -2.30. The van der Waals surface area contributed by atoms with Crippen LogP contribution >= 0.6 is 0 Å². The zero-order chi connectivity index (χ0) is 15.3. The summed E-state index contributed by atoms with van der Waals surface area (Å²) in [7, 11) is -2.96. The number of nitro groups is 1. The van der Waals surface area contributed by atoms with E-state index in [2.05, 4.69) is 9.46 Å². The number of carbonyl (C=O) groups is 1. The molecule has 0 bridgehead atoms. The topological polar surface area (TPSA) is 142 Å². The van der Waals surface area contributed by atoms with Crippen LogP contribution in [0.3, 0.4) is 0 Å². The van der Waals surface area contributed by atoms with Crippen molar-refractivity contribution in [2.75, 3.05) is 20.2 Å². The largest absolute Gasteiger partial charge is 0.465 e. The van der Waals surface area contributed by atoms with Crippen LogP contribution in [-0.2, 0) is 14.8 Å². The van der Waals surface area contributed by atoms with Gasteiger partial charge in [-0.1, -0.05) is 0 Å². The van der Waals surface area contributed by atoms with Gasteiger partial charge in [0.05, 0.1) is 22.5 Å². The minimum Gasteiger partial charge on any atom is -0.465 e. The number of nitrogens with zero attached hydrogens (tertiary/aromatic N) is 1. The summed E-state index contributed by atoms with van der Waals surface area (Å²) in [5.41, 5.74) is 4.37. The first-order valence-corrected chi connectivity index (χ1v) is 6.88. The highest BCUT2D eigenvalue weighted by atomic mass is 32.2. The highest BCUT2D eigenvalue weighted by Gasteiger charge is 2.25. The second kappa shape index (κ2) is 6.41. The number of nitrogens with one attached hydrogen (secondary N) is 1. The number of sulfonamides is 1. The molecule has 0 amide bonds. The van der Waals surface area contributed by atoms with E-state index in [0.29, 0.717) is 0 Å². The first kappa shape index (κ1) is 16.0. The highest BCUT2D eigenvalue weighted by molar-refractivity contribution is 7.89. The van der Waals surface area contributed by atoms with Crippen molar-refractivity contribution in [3.63, 3.8) is 0 Å². The van der Waals surface area contributed by atoms with Crippen LogP contribution in [0.4, 0.5) is 5.69 Å². The Morgan fingerprint density at radius 2 is 2.15 bits per heavy atom. The van der Waals surface area contributed by atoms with Crippen LogP contribution in [0.5, 0.6) is 0 Å². The van der Waals surface area contributed by atoms with Crippen molar-refractivity contribution in [3.8, 4) is 0 Å². The van der Waals surface area contributed by atoms with E-state index in [-0.39, 0.29) is 13.1 Å². The van der Waals surface area contributed by atoms with E-state index in [1.54, 1.807) is 0 Å². The molecule has 0 aliphatic heterocycles. The third-order valence-corrected chi connectivity index (χ3v) is 3.82. The van der Waals surface area contributed by atoms with Crippen LogP contribution in [0.1, 0.15) is 10.4 Å². The zero-order valence-electron chi connectivity index (χ0n) is 10.5. The van der Waals surface area contributed by atoms with E-state index in [1.165, 1.54) is 0 Å². The predicted molar refractivity (Wildman–Crippen MR) is 68.7 cm³/mol. The number of rotatable bonds is 6. The van der Waals surface area contributed by atoms with Crippen molar-refractivity contribution >= 4 is 21.7 Å². The highest BCUT2D eigenvalue weighted by Crippen LogP contribution is 2.22. The van der Waals surface area contributed by atoms with Crippen LogP contribution < -0.4 is 10.5 Å². The first-order chi connectivity index (χ1) is 9.33. The number of nitrogens with two attached hydrogens (primary N) is 1. The summed E-state index contributed by atoms with van der Waals surface area (Å²) in [4.78, 5) is 21.1. The number of esters is 1. The SMILES string of the molecule is COC(=O)c1cc([N+](=O)[O-])ccc1S(=O)(=O)NCCN. The van der Waals surface area contributed by atoms with Crippen LogP contribution in [-0.4, -0.2) is 39.5 Å². The molecule has 0 atom stereocenters. The quantitative estimate of drug-likeness (QED) is 0.414. The number of carbonyl (C=O) groups excluding carboxylic acids is 1. The molecular formula is C10H13N3O6S. The molecule has 1 aromatic carbocycles. The van der Waals surface area contributed by atoms with E-state index in [0.717, 1.165) is 25.3 Å². The maximum Gasteiger partial charge on any atom is 0.339 e. The molecule has 1 rings (SSSR count). The van der Waals surface area contributed by atoms with E-state index in [4.69, 9.17) is 5.73 Å². The monoisotopic (exact) mass is 303 g/mol. The molecule has 0 unspecified atom stereocenters. The van der Waals surface area contributed by atoms with Gasteiger partial charge in [-0.05, 0) is 6.07 Å². The predicted octanol–water partition coefficient (Wildman–Crippen LogP) is -0.382. The summed E-state index contributed by atoms with van der Waals surface area (Å²) in [5, 5.41) is 10.7. The van der Waals surface area contributed by atoms with Gasteiger partial charge in [0.25, 0.3) is 5.69 Å². The second-order valence-corrected chi connectivity index (χ2v) is 5.35. The summed E-state index contributed by atoms with van der Waals surface area (Å²) < 4.78 is 30.5. The molecule has 0 aliphatic carbocycles. The number of nitro benzene ring substituents is 1. The first-order valence-electron chi connectivity index (χ1n) is 5.40. The van der Waals surface area contributed by atoms with E-state index < -0.39 is 37.1 Å². The number of ether oxygens (including phenoxy) is 1. The van der Waals surface area contributed by atoms with Gasteiger partial charge in [-0.3, -0.25) is 10.1 Å². The van der Waals surface area contributed by atoms with Crippen molar-refractivity contribution < 1.29 is 22.9 Å². The van der Waals surface area contributed by atoms with Gasteiger partial charge in [0, 0.05) is 25.2 Å². The minimum atomic E-state index is -4.00. The zero-order valence-corrected chi connectivity index (χ0v) is 11.3. The lowest BCUT2D eigenvalue weighted by molar-refractivity contribution is -0.384. The normalized spacial score (nSPS) is 11.1. The van der Waals surface area contributed by atoms with Crippen LogP contribution in [0.25, 0.3) is 0 Å². The van der Waals surface area contributed by atoms with Crippen molar-refractivity contribution in [1.29, 1.82) is 0 Å². The molecule has 3 N–H and O–H groups in total. The summed E-state index contributed by atoms with van der Waals surface area (Å²) >= 11 is 0. The Bertz CT molecular complexity index is 628. The molecule has 1 aromatic rings. The Hall–Kier alpha value is -2.04. The van der Waals surface area contributed by atoms with Gasteiger partial charge in [-0.2, -0.15) is 0 Å². The summed E-state index contributed by atoms with van der Waals surface area (Å²) in [6.45, 7) is 0.0414. The van der Waals surface area contributed by atoms with Crippen molar-refractivity contribution in [2.45, 2.75) is 4.90 Å². The molecule has 0 saturated carbocycles. The molecule has 0 spiro atoms. The molecule has 0 aromatic heterocycles. The van der Waals surface area contributed by atoms with Gasteiger partial charge in [-0.15, -0.1) is 0 Å². The Morgan fingerprint density at radius 3 is 2.65 bits per heavy atom. The van der Waals surface area contributed by atoms with Crippen molar-refractivity contribution in [2.24, 2.45) is 5.73 Å². The van der Waals surface area contributed by atoms with Gasteiger partial charge in [-0.25, -0.2) is 17.9 Å². The summed E-state index contributed by atoms with van der Waals surface area (Å²) in [6.07, 6.45) is 0. The van der Waals surface area contributed by atoms with Gasteiger partial charge in [0.2, 0.25) is 10.0 Å². The fourth-order valence-corrected chi connectivity index (χ4v) is 2.63. The summed E-state index contributed by atoms with van der Waals surface area (Å²) in [6, 6.07) is 2.82. The molecule has 20 heavy (non-hydrogen) atoms. The van der Waals surface area contributed by atoms with E-state index in [9.17, 15) is 23.3 Å². The molecule has 0 heterocycles. The fourth-order valence-electron chi connectivity index (χ4n) is 1.41. The number of hydrogen-bond acceptors (Lipinski definition) is 7. The van der Waals surface area contributed by atoms with Gasteiger partial charge >= 0.3 is 5.97 Å². The van der Waals surface area contributed by atoms with Crippen LogP contribution in [0.15, 0.2) is 23.1 Å². The Kier molecular flexibility index (Phi) is 5.13. The minimum absolute atomic E-state index is 0.0278. The molecule has 0 aliphatic rings. The van der Waals surface area contributed by atoms with Crippen LogP contribution in [0.2, 0.25) is 0 Å².